The number of hydrogen-bond donors (Lipinski definition) is 0. The van der Waals surface area contributed by atoms with Crippen LogP contribution in [0.4, 0.5) is 0 Å². The van der Waals surface area contributed by atoms with E-state index in [2.05, 4.69) is 173 Å². The number of rotatable bonds is 4. The minimum Gasteiger partial charge on any atom is -0.309 e. The summed E-state index contributed by atoms with van der Waals surface area (Å²) in [5.41, 5.74) is 14.8. The van der Waals surface area contributed by atoms with E-state index in [9.17, 15) is 0 Å². The number of nitrogens with zero attached hydrogens (tertiary/aromatic N) is 5. The van der Waals surface area contributed by atoms with Crippen LogP contribution in [-0.4, -0.2) is 24.1 Å². The molecule has 0 bridgehead atoms. The molecule has 0 radical (unpaired) electrons. The first-order chi connectivity index (χ1) is 29.8. The first-order valence-electron chi connectivity index (χ1n) is 20.4. The number of para-hydroxylation sites is 4. The molecule has 4 heterocycles. The van der Waals surface area contributed by atoms with Crippen molar-refractivity contribution < 1.29 is 0 Å². The Morgan fingerprint density at radius 1 is 0.267 bits per heavy atom. The molecule has 1 aliphatic rings. The molecule has 12 aromatic rings. The van der Waals surface area contributed by atoms with E-state index in [0.29, 0.717) is 17.5 Å². The highest BCUT2D eigenvalue weighted by atomic mass is 15.0. The molecule has 0 amide bonds. The van der Waals surface area contributed by atoms with Crippen LogP contribution < -0.4 is 0 Å². The van der Waals surface area contributed by atoms with E-state index in [1.165, 1.54) is 60.5 Å². The van der Waals surface area contributed by atoms with Crippen molar-refractivity contribution in [3.05, 3.63) is 200 Å². The Morgan fingerprint density at radius 2 is 0.800 bits per heavy atom. The van der Waals surface area contributed by atoms with Crippen LogP contribution in [0.25, 0.3) is 122 Å². The number of benzene rings is 9. The van der Waals surface area contributed by atoms with Crippen LogP contribution in [0, 0.1) is 0 Å². The Hall–Kier alpha value is -8.15. The molecule has 0 N–H and O–H groups in total. The van der Waals surface area contributed by atoms with Gasteiger partial charge >= 0.3 is 0 Å². The molecule has 0 fully saturated rings. The average molecular weight is 764 g/mol. The highest BCUT2D eigenvalue weighted by molar-refractivity contribution is 6.19. The first kappa shape index (κ1) is 32.9. The summed E-state index contributed by atoms with van der Waals surface area (Å²) in [6.07, 6.45) is 0. The van der Waals surface area contributed by atoms with Crippen molar-refractivity contribution in [2.24, 2.45) is 0 Å². The van der Waals surface area contributed by atoms with Gasteiger partial charge in [0.15, 0.2) is 17.5 Å². The summed E-state index contributed by atoms with van der Waals surface area (Å²) in [4.78, 5) is 15.2. The van der Waals surface area contributed by atoms with Crippen molar-refractivity contribution in [1.29, 1.82) is 0 Å². The minimum absolute atomic E-state index is 0.639. The summed E-state index contributed by atoms with van der Waals surface area (Å²) < 4.78 is 4.94. The topological polar surface area (TPSA) is 48.5 Å². The molecule has 1 aliphatic heterocycles. The van der Waals surface area contributed by atoms with Gasteiger partial charge in [-0.2, -0.15) is 0 Å². The summed E-state index contributed by atoms with van der Waals surface area (Å²) in [7, 11) is 0. The SMILES string of the molecule is c1ccc(-c2nc(-c3ccccc3)nc(-c3ccc(-n4c5ccccc5c5cc6c(cc54)-c4ccccc4-n4c5ccccc5c5cccc-6c54)c4ccccc34)n2)cc1. The summed E-state index contributed by atoms with van der Waals surface area (Å²) in [5.74, 6) is 1.93. The van der Waals surface area contributed by atoms with E-state index in [1.54, 1.807) is 0 Å². The highest BCUT2D eigenvalue weighted by Crippen LogP contribution is 2.49. The van der Waals surface area contributed by atoms with Crippen LogP contribution in [0.3, 0.4) is 0 Å². The fourth-order valence-electron chi connectivity index (χ4n) is 9.71. The summed E-state index contributed by atoms with van der Waals surface area (Å²) in [5, 5.41) is 7.15. The lowest BCUT2D eigenvalue weighted by Crippen LogP contribution is -2.01. The summed E-state index contributed by atoms with van der Waals surface area (Å²) in [6, 6.07) is 71.6. The molecule has 0 saturated heterocycles. The molecule has 278 valence electrons. The van der Waals surface area contributed by atoms with E-state index >= 15 is 0 Å². The molecule has 0 atom stereocenters. The second-order valence-corrected chi connectivity index (χ2v) is 15.6. The Bertz CT molecular complexity index is 3650. The third-order valence-electron chi connectivity index (χ3n) is 12.3. The van der Waals surface area contributed by atoms with Crippen LogP contribution in [0.5, 0.6) is 0 Å². The smallest absolute Gasteiger partial charge is 0.164 e. The average Bonchev–Trinajstić information content (AvgIpc) is 3.79. The monoisotopic (exact) mass is 763 g/mol. The quantitative estimate of drug-likeness (QED) is 0.179. The lowest BCUT2D eigenvalue weighted by atomic mass is 9.92. The second kappa shape index (κ2) is 12.7. The van der Waals surface area contributed by atoms with Crippen molar-refractivity contribution in [1.82, 2.24) is 24.1 Å². The van der Waals surface area contributed by atoms with Crippen LogP contribution in [0.15, 0.2) is 200 Å². The molecular formula is C55H33N5. The van der Waals surface area contributed by atoms with E-state index in [0.717, 1.165) is 44.2 Å². The molecule has 5 heteroatoms. The lowest BCUT2D eigenvalue weighted by Gasteiger charge is -2.16. The molecule has 0 saturated carbocycles. The second-order valence-electron chi connectivity index (χ2n) is 15.6. The van der Waals surface area contributed by atoms with E-state index < -0.39 is 0 Å². The fourth-order valence-corrected chi connectivity index (χ4v) is 9.71. The molecular weight excluding hydrogens is 731 g/mol. The molecule has 0 unspecified atom stereocenters. The van der Waals surface area contributed by atoms with Gasteiger partial charge in [0.2, 0.25) is 0 Å². The summed E-state index contributed by atoms with van der Waals surface area (Å²) in [6.45, 7) is 0. The maximum atomic E-state index is 5.14. The van der Waals surface area contributed by atoms with Gasteiger partial charge in [0.05, 0.1) is 33.4 Å². The maximum Gasteiger partial charge on any atom is 0.164 e. The molecule has 13 rings (SSSR count). The van der Waals surface area contributed by atoms with Crippen LogP contribution in [0.1, 0.15) is 0 Å². The molecule has 60 heavy (non-hydrogen) atoms. The Balaban J connectivity index is 1.08. The highest BCUT2D eigenvalue weighted by Gasteiger charge is 2.27. The van der Waals surface area contributed by atoms with Gasteiger partial charge in [0.25, 0.3) is 0 Å². The van der Waals surface area contributed by atoms with Gasteiger partial charge in [-0.1, -0.05) is 158 Å². The van der Waals surface area contributed by atoms with Gasteiger partial charge in [-0.05, 0) is 59.0 Å². The van der Waals surface area contributed by atoms with E-state index in [4.69, 9.17) is 15.0 Å². The number of fused-ring (bicyclic) bond motifs is 12. The van der Waals surface area contributed by atoms with Crippen molar-refractivity contribution in [3.63, 3.8) is 0 Å². The molecule has 0 aliphatic carbocycles. The Kier molecular flexibility index (Phi) is 6.95. The third-order valence-corrected chi connectivity index (χ3v) is 12.3. The largest absolute Gasteiger partial charge is 0.309 e. The van der Waals surface area contributed by atoms with Crippen molar-refractivity contribution >= 4 is 54.4 Å². The minimum atomic E-state index is 0.639. The van der Waals surface area contributed by atoms with Crippen molar-refractivity contribution in [2.75, 3.05) is 0 Å². The van der Waals surface area contributed by atoms with E-state index in [1.807, 2.05) is 36.4 Å². The van der Waals surface area contributed by atoms with Crippen molar-refractivity contribution in [2.45, 2.75) is 0 Å². The maximum absolute atomic E-state index is 5.14. The predicted octanol–water partition coefficient (Wildman–Crippen LogP) is 13.9. The van der Waals surface area contributed by atoms with Crippen LogP contribution >= 0.6 is 0 Å². The zero-order valence-corrected chi connectivity index (χ0v) is 32.3. The predicted molar refractivity (Wildman–Crippen MR) is 247 cm³/mol. The molecule has 5 nitrogen and oxygen atoms in total. The number of aromatic nitrogens is 5. The van der Waals surface area contributed by atoms with Crippen LogP contribution in [-0.2, 0) is 0 Å². The zero-order valence-electron chi connectivity index (χ0n) is 32.3. The lowest BCUT2D eigenvalue weighted by molar-refractivity contribution is 1.08. The van der Waals surface area contributed by atoms with Crippen molar-refractivity contribution in [3.8, 4) is 67.8 Å². The van der Waals surface area contributed by atoms with Gasteiger partial charge in [0, 0.05) is 54.7 Å². The van der Waals surface area contributed by atoms with Gasteiger partial charge in [-0.25, -0.2) is 15.0 Å². The third kappa shape index (κ3) is 4.71. The van der Waals surface area contributed by atoms with Gasteiger partial charge in [0.1, 0.15) is 0 Å². The van der Waals surface area contributed by atoms with Gasteiger partial charge in [-0.15, -0.1) is 0 Å². The first-order valence-corrected chi connectivity index (χ1v) is 20.4. The van der Waals surface area contributed by atoms with Gasteiger partial charge in [-0.3, -0.25) is 0 Å². The number of hydrogen-bond acceptors (Lipinski definition) is 3. The molecule has 9 aromatic carbocycles. The fraction of sp³-hybridized carbons (Fsp3) is 0. The Labute approximate surface area is 345 Å². The molecule has 0 spiro atoms. The molecule has 3 aromatic heterocycles. The zero-order chi connectivity index (χ0) is 39.3. The van der Waals surface area contributed by atoms with Crippen LogP contribution in [0.2, 0.25) is 0 Å². The summed E-state index contributed by atoms with van der Waals surface area (Å²) >= 11 is 0. The normalized spacial score (nSPS) is 12.0. The van der Waals surface area contributed by atoms with E-state index in [-0.39, 0.29) is 0 Å². The van der Waals surface area contributed by atoms with Gasteiger partial charge < -0.3 is 9.13 Å². The Morgan fingerprint density at radius 3 is 1.53 bits per heavy atom. The standard InChI is InChI=1S/C55H33N5/c1-3-16-34(17-4-1)53-56-54(35-18-5-2-6-19-35)58-55(57-53)43-30-31-50(37-21-8-7-20-36(37)43)59-47-27-12-11-24-40(47)46-32-44-42-26-15-25-41-38-22-9-13-28-48(38)60(52(41)42)49-29-14-10-23-39(49)45(44)33-51(46)59/h1-33H.